The smallest absolute Gasteiger partial charge is 0.410 e. The maximum Gasteiger partial charge on any atom is 0.410 e. The molecule has 232 valence electrons. The van der Waals surface area contributed by atoms with Crippen molar-refractivity contribution < 1.29 is 38.0 Å². The lowest BCUT2D eigenvalue weighted by atomic mass is 10.1. The molecule has 3 rings (SSSR count). The van der Waals surface area contributed by atoms with E-state index in [0.29, 0.717) is 55.5 Å². The zero-order chi connectivity index (χ0) is 30.5. The van der Waals surface area contributed by atoms with Crippen molar-refractivity contribution in [2.24, 2.45) is 0 Å². The van der Waals surface area contributed by atoms with Gasteiger partial charge in [0.05, 0.1) is 46.2 Å². The Hall–Kier alpha value is -3.50. The summed E-state index contributed by atoms with van der Waals surface area (Å²) in [5.74, 6) is 0.696. The first-order chi connectivity index (χ1) is 20.1. The van der Waals surface area contributed by atoms with E-state index in [-0.39, 0.29) is 12.2 Å². The molecule has 0 aromatic heterocycles. The van der Waals surface area contributed by atoms with E-state index in [1.165, 1.54) is 21.3 Å². The molecule has 1 amide bonds. The SMILES string of the molecule is COC(=O)c1cc(OC)c(OC)c(OCCC(CCN2CCCN(C(=O)OC(C)(C)C)CC2)OCc2ccccc2)c1. The fourth-order valence-corrected chi connectivity index (χ4v) is 4.70. The van der Waals surface area contributed by atoms with Crippen molar-refractivity contribution in [1.29, 1.82) is 0 Å². The molecule has 2 aromatic carbocycles. The number of methoxy groups -OCH3 is 3. The number of esters is 1. The first kappa shape index (κ1) is 33.0. The molecule has 0 radical (unpaired) electrons. The average Bonchev–Trinajstić information content (AvgIpc) is 3.23. The topological polar surface area (TPSA) is 96.0 Å². The lowest BCUT2D eigenvalue weighted by Gasteiger charge is -2.27. The first-order valence-corrected chi connectivity index (χ1v) is 14.5. The molecule has 1 fully saturated rings. The van der Waals surface area contributed by atoms with Gasteiger partial charge in [-0.1, -0.05) is 30.3 Å². The molecular weight excluding hydrogens is 540 g/mol. The number of carbonyl (C=O) groups excluding carboxylic acids is 2. The maximum absolute atomic E-state index is 12.6. The number of nitrogens with zero attached hydrogens (tertiary/aromatic N) is 2. The van der Waals surface area contributed by atoms with Crippen molar-refractivity contribution in [3.8, 4) is 17.2 Å². The lowest BCUT2D eigenvalue weighted by Crippen LogP contribution is -2.39. The van der Waals surface area contributed by atoms with Gasteiger partial charge in [0.1, 0.15) is 5.60 Å². The van der Waals surface area contributed by atoms with E-state index in [0.717, 1.165) is 38.0 Å². The van der Waals surface area contributed by atoms with Crippen LogP contribution in [0, 0.1) is 0 Å². The van der Waals surface area contributed by atoms with Gasteiger partial charge >= 0.3 is 12.1 Å². The molecule has 2 aromatic rings. The molecule has 42 heavy (non-hydrogen) atoms. The Labute approximate surface area is 249 Å². The Kier molecular flexibility index (Phi) is 12.7. The standard InChI is InChI=1S/C32H46N2O8/c1-32(2,3)42-31(36)34-16-10-15-33(18-19-34)17-13-26(41-23-24-11-8-7-9-12-24)14-20-40-28-22-25(30(35)39-6)21-27(37-4)29(28)38-5/h7-9,11-12,21-22,26H,10,13-20,23H2,1-6H3. The van der Waals surface area contributed by atoms with Crippen molar-refractivity contribution in [1.82, 2.24) is 9.80 Å². The summed E-state index contributed by atoms with van der Waals surface area (Å²) >= 11 is 0. The number of hydrogen-bond acceptors (Lipinski definition) is 9. The predicted octanol–water partition coefficient (Wildman–Crippen LogP) is 5.18. The van der Waals surface area contributed by atoms with Gasteiger partial charge in [0.15, 0.2) is 11.5 Å². The first-order valence-electron chi connectivity index (χ1n) is 14.5. The van der Waals surface area contributed by atoms with Crippen LogP contribution in [0.5, 0.6) is 17.2 Å². The third-order valence-electron chi connectivity index (χ3n) is 6.90. The van der Waals surface area contributed by atoms with Crippen molar-refractivity contribution >= 4 is 12.1 Å². The minimum absolute atomic E-state index is 0.0768. The molecule has 0 bridgehead atoms. The fraction of sp³-hybridized carbons (Fsp3) is 0.562. The third kappa shape index (κ3) is 10.4. The summed E-state index contributed by atoms with van der Waals surface area (Å²) in [4.78, 5) is 28.9. The number of benzene rings is 2. The molecule has 1 atom stereocenters. The summed E-state index contributed by atoms with van der Waals surface area (Å²) < 4.78 is 33.9. The summed E-state index contributed by atoms with van der Waals surface area (Å²) in [6, 6.07) is 13.2. The van der Waals surface area contributed by atoms with Gasteiger partial charge in [-0.05, 0) is 57.9 Å². The largest absolute Gasteiger partial charge is 0.493 e. The van der Waals surface area contributed by atoms with Crippen LogP contribution >= 0.6 is 0 Å². The third-order valence-corrected chi connectivity index (χ3v) is 6.90. The summed E-state index contributed by atoms with van der Waals surface area (Å²) in [5.41, 5.74) is 0.900. The Bertz CT molecular complexity index is 1140. The monoisotopic (exact) mass is 586 g/mol. The van der Waals surface area contributed by atoms with E-state index in [1.807, 2.05) is 51.1 Å². The highest BCUT2D eigenvalue weighted by molar-refractivity contribution is 5.91. The number of amides is 1. The normalized spacial score (nSPS) is 15.0. The van der Waals surface area contributed by atoms with E-state index in [4.69, 9.17) is 28.4 Å². The number of ether oxygens (including phenoxy) is 6. The van der Waals surface area contributed by atoms with Gasteiger partial charge in [-0.2, -0.15) is 0 Å². The molecule has 1 saturated heterocycles. The molecule has 1 heterocycles. The summed E-state index contributed by atoms with van der Waals surface area (Å²) in [6.07, 6.45) is 1.97. The second-order valence-electron chi connectivity index (χ2n) is 11.2. The van der Waals surface area contributed by atoms with Gasteiger partial charge < -0.3 is 38.2 Å². The van der Waals surface area contributed by atoms with E-state index >= 15 is 0 Å². The van der Waals surface area contributed by atoms with Crippen LogP contribution in [0.3, 0.4) is 0 Å². The Morgan fingerprint density at radius 3 is 2.31 bits per heavy atom. The van der Waals surface area contributed by atoms with Crippen molar-refractivity contribution in [2.45, 2.75) is 58.3 Å². The second-order valence-corrected chi connectivity index (χ2v) is 11.2. The molecule has 10 nitrogen and oxygen atoms in total. The Morgan fingerprint density at radius 2 is 1.64 bits per heavy atom. The summed E-state index contributed by atoms with van der Waals surface area (Å²) in [7, 11) is 4.36. The lowest BCUT2D eigenvalue weighted by molar-refractivity contribution is 0.0142. The predicted molar refractivity (Wildman–Crippen MR) is 159 cm³/mol. The van der Waals surface area contributed by atoms with E-state index < -0.39 is 11.6 Å². The zero-order valence-electron chi connectivity index (χ0n) is 25.9. The fourth-order valence-electron chi connectivity index (χ4n) is 4.70. The highest BCUT2D eigenvalue weighted by Gasteiger charge is 2.25. The van der Waals surface area contributed by atoms with Gasteiger partial charge in [-0.3, -0.25) is 0 Å². The van der Waals surface area contributed by atoms with Crippen molar-refractivity contribution in [3.05, 3.63) is 53.6 Å². The molecular formula is C32H46N2O8. The number of rotatable bonds is 13. The molecule has 0 saturated carbocycles. The minimum Gasteiger partial charge on any atom is -0.493 e. The average molecular weight is 587 g/mol. The van der Waals surface area contributed by atoms with Gasteiger partial charge in [0.25, 0.3) is 0 Å². The quantitative estimate of drug-likeness (QED) is 0.294. The molecule has 0 spiro atoms. The molecule has 10 heteroatoms. The van der Waals surface area contributed by atoms with Crippen LogP contribution in [0.1, 0.15) is 56.0 Å². The minimum atomic E-state index is -0.510. The molecule has 1 aliphatic rings. The maximum atomic E-state index is 12.6. The summed E-state index contributed by atoms with van der Waals surface area (Å²) in [6.45, 7) is 10.3. The Balaban J connectivity index is 1.62. The molecule has 0 aliphatic carbocycles. The van der Waals surface area contributed by atoms with Crippen LogP contribution in [0.2, 0.25) is 0 Å². The van der Waals surface area contributed by atoms with E-state index in [2.05, 4.69) is 4.90 Å². The highest BCUT2D eigenvalue weighted by Crippen LogP contribution is 2.38. The highest BCUT2D eigenvalue weighted by atomic mass is 16.6. The molecule has 1 aliphatic heterocycles. The summed E-state index contributed by atoms with van der Waals surface area (Å²) in [5, 5.41) is 0. The van der Waals surface area contributed by atoms with Crippen LogP contribution in [-0.2, 0) is 20.8 Å². The van der Waals surface area contributed by atoms with Crippen LogP contribution in [0.15, 0.2) is 42.5 Å². The van der Waals surface area contributed by atoms with Crippen LogP contribution in [-0.4, -0.2) is 94.2 Å². The number of hydrogen-bond donors (Lipinski definition) is 0. The van der Waals surface area contributed by atoms with Crippen molar-refractivity contribution in [3.63, 3.8) is 0 Å². The van der Waals surface area contributed by atoms with Gasteiger partial charge in [0, 0.05) is 32.6 Å². The Morgan fingerprint density at radius 1 is 0.905 bits per heavy atom. The van der Waals surface area contributed by atoms with Crippen LogP contribution in [0.25, 0.3) is 0 Å². The van der Waals surface area contributed by atoms with Crippen LogP contribution < -0.4 is 14.2 Å². The van der Waals surface area contributed by atoms with Gasteiger partial charge in [0.2, 0.25) is 5.75 Å². The van der Waals surface area contributed by atoms with Crippen molar-refractivity contribution in [2.75, 3.05) is 60.7 Å². The van der Waals surface area contributed by atoms with E-state index in [9.17, 15) is 9.59 Å². The van der Waals surface area contributed by atoms with Gasteiger partial charge in [-0.15, -0.1) is 0 Å². The molecule has 0 N–H and O–H groups in total. The second kappa shape index (κ2) is 16.2. The number of carbonyl (C=O) groups is 2. The molecule has 1 unspecified atom stereocenters. The van der Waals surface area contributed by atoms with E-state index in [1.54, 1.807) is 17.0 Å². The van der Waals surface area contributed by atoms with Gasteiger partial charge in [-0.25, -0.2) is 9.59 Å². The zero-order valence-corrected chi connectivity index (χ0v) is 25.9. The van der Waals surface area contributed by atoms with Crippen LogP contribution in [0.4, 0.5) is 4.79 Å².